The predicted octanol–water partition coefficient (Wildman–Crippen LogP) is 14.3. The molecule has 256 valence electrons. The highest BCUT2D eigenvalue weighted by Crippen LogP contribution is 2.24. The Labute approximate surface area is 273 Å². The number of hydrogen-bond donors (Lipinski definition) is 0. The van der Waals surface area contributed by atoms with Crippen molar-refractivity contribution in [1.82, 2.24) is 9.80 Å². The second-order valence-corrected chi connectivity index (χ2v) is 14.3. The van der Waals surface area contributed by atoms with Crippen molar-refractivity contribution in [2.24, 2.45) is 0 Å². The summed E-state index contributed by atoms with van der Waals surface area (Å²) in [6.45, 7) is 9.48. The van der Waals surface area contributed by atoms with Gasteiger partial charge in [-0.05, 0) is 25.7 Å². The van der Waals surface area contributed by atoms with E-state index in [-0.39, 0.29) is 0 Å². The maximum absolute atomic E-state index is 2.72. The van der Waals surface area contributed by atoms with Gasteiger partial charge in [0, 0.05) is 25.5 Å². The summed E-state index contributed by atoms with van der Waals surface area (Å²) in [6, 6.07) is 0. The summed E-state index contributed by atoms with van der Waals surface area (Å²) >= 11 is 0. The molecule has 2 nitrogen and oxygen atoms in total. The average molecular weight is 603 g/mol. The third kappa shape index (κ3) is 25.2. The van der Waals surface area contributed by atoms with Crippen LogP contribution in [0.1, 0.15) is 233 Å². The monoisotopic (exact) mass is 603 g/mol. The highest BCUT2D eigenvalue weighted by Gasteiger charge is 2.24. The van der Waals surface area contributed by atoms with E-state index in [0.29, 0.717) is 6.17 Å². The van der Waals surface area contributed by atoms with Gasteiger partial charge in [0.2, 0.25) is 0 Å². The molecule has 0 spiro atoms. The average Bonchev–Trinajstić information content (AvgIpc) is 3.40. The minimum atomic E-state index is 0.639. The maximum Gasteiger partial charge on any atom is 0.101 e. The number of rotatable bonds is 35. The van der Waals surface area contributed by atoms with Crippen LogP contribution in [0.4, 0.5) is 0 Å². The van der Waals surface area contributed by atoms with Crippen LogP contribution >= 0.6 is 0 Å². The summed E-state index contributed by atoms with van der Waals surface area (Å²) in [5.74, 6) is 0. The van der Waals surface area contributed by atoms with Crippen molar-refractivity contribution in [3.05, 3.63) is 12.4 Å². The van der Waals surface area contributed by atoms with E-state index in [4.69, 9.17) is 0 Å². The fourth-order valence-corrected chi connectivity index (χ4v) is 7.07. The van der Waals surface area contributed by atoms with Gasteiger partial charge in [-0.2, -0.15) is 0 Å². The molecule has 1 aliphatic heterocycles. The zero-order valence-electron chi connectivity index (χ0n) is 30.4. The first-order chi connectivity index (χ1) is 21.3. The van der Waals surface area contributed by atoms with Gasteiger partial charge in [0.1, 0.15) is 6.17 Å². The number of unbranched alkanes of at least 4 members (excludes halogenated alkanes) is 29. The summed E-state index contributed by atoms with van der Waals surface area (Å²) in [5, 5.41) is 0. The molecule has 43 heavy (non-hydrogen) atoms. The normalized spacial score (nSPS) is 14.9. The van der Waals surface area contributed by atoms with Crippen molar-refractivity contribution >= 4 is 0 Å². The van der Waals surface area contributed by atoms with E-state index in [2.05, 4.69) is 43.0 Å². The van der Waals surface area contributed by atoms with Gasteiger partial charge in [-0.25, -0.2) is 0 Å². The Morgan fingerprint density at radius 1 is 0.302 bits per heavy atom. The summed E-state index contributed by atoms with van der Waals surface area (Å²) in [6.07, 6.45) is 52.9. The zero-order valence-corrected chi connectivity index (χ0v) is 30.4. The molecule has 0 fully saturated rings. The second-order valence-electron chi connectivity index (χ2n) is 14.3. The molecule has 0 bridgehead atoms. The van der Waals surface area contributed by atoms with Gasteiger partial charge in [0.05, 0.1) is 0 Å². The molecule has 1 atom stereocenters. The van der Waals surface area contributed by atoms with Crippen molar-refractivity contribution in [2.75, 3.05) is 13.1 Å². The fraction of sp³-hybridized carbons (Fsp3) is 0.951. The topological polar surface area (TPSA) is 6.48 Å². The van der Waals surface area contributed by atoms with E-state index in [9.17, 15) is 0 Å². The van der Waals surface area contributed by atoms with Gasteiger partial charge < -0.3 is 9.80 Å². The van der Waals surface area contributed by atoms with E-state index < -0.39 is 0 Å². The number of hydrogen-bond acceptors (Lipinski definition) is 2. The van der Waals surface area contributed by atoms with E-state index in [1.165, 1.54) is 225 Å². The van der Waals surface area contributed by atoms with Crippen LogP contribution < -0.4 is 0 Å². The molecule has 0 aromatic carbocycles. The lowest BCUT2D eigenvalue weighted by molar-refractivity contribution is 0.135. The lowest BCUT2D eigenvalue weighted by Crippen LogP contribution is -2.39. The molecule has 0 saturated heterocycles. The highest BCUT2D eigenvalue weighted by atomic mass is 15.4. The molecule has 0 N–H and O–H groups in total. The molecule has 0 aromatic rings. The van der Waals surface area contributed by atoms with Crippen LogP contribution in [-0.2, 0) is 0 Å². The molecule has 2 heteroatoms. The van der Waals surface area contributed by atoms with Gasteiger partial charge in [-0.15, -0.1) is 0 Å². The smallest absolute Gasteiger partial charge is 0.101 e. The largest absolute Gasteiger partial charge is 0.356 e. The first kappa shape index (κ1) is 40.4. The van der Waals surface area contributed by atoms with Crippen molar-refractivity contribution in [3.63, 3.8) is 0 Å². The molecule has 0 aliphatic carbocycles. The quantitative estimate of drug-likeness (QED) is 0.0666. The van der Waals surface area contributed by atoms with Crippen LogP contribution in [0.3, 0.4) is 0 Å². The first-order valence-electron chi connectivity index (χ1n) is 20.5. The molecule has 1 heterocycles. The van der Waals surface area contributed by atoms with E-state index in [1.54, 1.807) is 0 Å². The minimum Gasteiger partial charge on any atom is -0.356 e. The van der Waals surface area contributed by atoms with Gasteiger partial charge in [-0.1, -0.05) is 207 Å². The summed E-state index contributed by atoms with van der Waals surface area (Å²) in [5.41, 5.74) is 0. The Kier molecular flexibility index (Phi) is 30.7. The van der Waals surface area contributed by atoms with E-state index in [1.807, 2.05) is 0 Å². The standard InChI is InChI=1S/C41H82N2/c1-4-7-10-13-16-19-21-22-23-26-29-32-35-38-43-40-39-42(37-34-31-28-25-20-17-14-11-8-5-2)41(43)36-33-30-27-24-18-15-12-9-6-3/h39-41H,4-38H2,1-3H3. The highest BCUT2D eigenvalue weighted by molar-refractivity contribution is 4.97. The van der Waals surface area contributed by atoms with E-state index >= 15 is 0 Å². The first-order valence-corrected chi connectivity index (χ1v) is 20.5. The molecule has 1 aliphatic rings. The van der Waals surface area contributed by atoms with Gasteiger partial charge in [0.15, 0.2) is 0 Å². The van der Waals surface area contributed by atoms with Crippen LogP contribution in [0.15, 0.2) is 12.4 Å². The molecule has 0 saturated carbocycles. The van der Waals surface area contributed by atoms with Crippen molar-refractivity contribution < 1.29 is 0 Å². The molecule has 0 amide bonds. The molecular formula is C41H82N2. The third-order valence-electron chi connectivity index (χ3n) is 10.1. The second kappa shape index (κ2) is 32.7. The maximum atomic E-state index is 2.72. The van der Waals surface area contributed by atoms with Crippen LogP contribution in [0, 0.1) is 0 Å². The Morgan fingerprint density at radius 2 is 0.535 bits per heavy atom. The third-order valence-corrected chi connectivity index (χ3v) is 10.1. The lowest BCUT2D eigenvalue weighted by atomic mass is 10.0. The fourth-order valence-electron chi connectivity index (χ4n) is 7.07. The SMILES string of the molecule is CCCCCCCCCCCCCCCN1C=CN(CCCCCCCCCCCC)C1CCCCCCCCCCC. The Morgan fingerprint density at radius 3 is 0.814 bits per heavy atom. The predicted molar refractivity (Wildman–Crippen MR) is 196 cm³/mol. The van der Waals surface area contributed by atoms with Crippen LogP contribution in [0.25, 0.3) is 0 Å². The Bertz CT molecular complexity index is 558. The van der Waals surface area contributed by atoms with Crippen LogP contribution in [0.2, 0.25) is 0 Å². The van der Waals surface area contributed by atoms with Crippen LogP contribution in [-0.4, -0.2) is 29.1 Å². The summed E-state index contributed by atoms with van der Waals surface area (Å²) in [7, 11) is 0. The van der Waals surface area contributed by atoms with Gasteiger partial charge >= 0.3 is 0 Å². The Hall–Kier alpha value is -0.660. The molecule has 1 rings (SSSR count). The van der Waals surface area contributed by atoms with Gasteiger partial charge in [-0.3, -0.25) is 0 Å². The lowest BCUT2D eigenvalue weighted by Gasteiger charge is -2.33. The van der Waals surface area contributed by atoms with E-state index in [0.717, 1.165) is 0 Å². The van der Waals surface area contributed by atoms with Gasteiger partial charge in [0.25, 0.3) is 0 Å². The zero-order chi connectivity index (χ0) is 30.9. The number of nitrogens with zero attached hydrogens (tertiary/aromatic N) is 2. The summed E-state index contributed by atoms with van der Waals surface area (Å²) in [4.78, 5) is 5.44. The Balaban J connectivity index is 2.21. The van der Waals surface area contributed by atoms with Crippen molar-refractivity contribution in [2.45, 2.75) is 239 Å². The van der Waals surface area contributed by atoms with Crippen LogP contribution in [0.5, 0.6) is 0 Å². The van der Waals surface area contributed by atoms with Crippen molar-refractivity contribution in [3.8, 4) is 0 Å². The molecule has 0 aromatic heterocycles. The van der Waals surface area contributed by atoms with Crippen molar-refractivity contribution in [1.29, 1.82) is 0 Å². The molecule has 1 unspecified atom stereocenters. The minimum absolute atomic E-state index is 0.639. The molecule has 0 radical (unpaired) electrons. The summed E-state index contributed by atoms with van der Waals surface area (Å²) < 4.78 is 0. The molecular weight excluding hydrogens is 520 g/mol.